The molecule has 124 valence electrons. The third kappa shape index (κ3) is 2.60. The number of ether oxygens (including phenoxy) is 1. The first kappa shape index (κ1) is 16.3. The van der Waals surface area contributed by atoms with E-state index in [9.17, 15) is 23.2 Å². The SMILES string of the molecule is CC1=C(C#N)[C@H](c2ccccc2C(F)(F)F)C2=C(O1)C(=O)CCC2. The molecule has 0 N–H and O–H groups in total. The van der Waals surface area contributed by atoms with Crippen molar-refractivity contribution in [2.45, 2.75) is 38.3 Å². The van der Waals surface area contributed by atoms with Crippen molar-refractivity contribution >= 4 is 5.78 Å². The van der Waals surface area contributed by atoms with Gasteiger partial charge in [-0.05, 0) is 37.0 Å². The summed E-state index contributed by atoms with van der Waals surface area (Å²) in [4.78, 5) is 12.1. The Hall–Kier alpha value is -2.55. The van der Waals surface area contributed by atoms with Crippen LogP contribution in [0.4, 0.5) is 13.2 Å². The fourth-order valence-electron chi connectivity index (χ4n) is 3.32. The fraction of sp³-hybridized carbons (Fsp3) is 0.333. The van der Waals surface area contributed by atoms with Crippen LogP contribution >= 0.6 is 0 Å². The Kier molecular flexibility index (Phi) is 3.96. The lowest BCUT2D eigenvalue weighted by atomic mass is 9.76. The third-order valence-electron chi connectivity index (χ3n) is 4.36. The van der Waals surface area contributed by atoms with Crippen LogP contribution in [-0.2, 0) is 15.7 Å². The van der Waals surface area contributed by atoms with Gasteiger partial charge in [0.2, 0.25) is 0 Å². The van der Waals surface area contributed by atoms with Crippen LogP contribution in [0.25, 0.3) is 0 Å². The quantitative estimate of drug-likeness (QED) is 0.753. The van der Waals surface area contributed by atoms with Crippen LogP contribution in [-0.4, -0.2) is 5.78 Å². The van der Waals surface area contributed by atoms with Gasteiger partial charge in [0, 0.05) is 12.3 Å². The molecule has 0 fully saturated rings. The summed E-state index contributed by atoms with van der Waals surface area (Å²) in [5.41, 5.74) is -0.195. The average Bonchev–Trinajstić information content (AvgIpc) is 2.54. The maximum absolute atomic E-state index is 13.4. The van der Waals surface area contributed by atoms with Crippen molar-refractivity contribution in [1.29, 1.82) is 5.26 Å². The lowest BCUT2D eigenvalue weighted by Gasteiger charge is -2.32. The van der Waals surface area contributed by atoms with E-state index in [0.29, 0.717) is 24.8 Å². The monoisotopic (exact) mass is 333 g/mol. The van der Waals surface area contributed by atoms with Crippen LogP contribution in [0.2, 0.25) is 0 Å². The molecular weight excluding hydrogens is 319 g/mol. The molecule has 0 spiro atoms. The van der Waals surface area contributed by atoms with Gasteiger partial charge < -0.3 is 4.74 Å². The van der Waals surface area contributed by atoms with E-state index in [1.807, 2.05) is 6.07 Å². The predicted octanol–water partition coefficient (Wildman–Crippen LogP) is 4.62. The minimum absolute atomic E-state index is 0.00796. The number of halogens is 3. The summed E-state index contributed by atoms with van der Waals surface area (Å²) in [5, 5.41) is 9.47. The number of benzene rings is 1. The number of alkyl halides is 3. The van der Waals surface area contributed by atoms with Crippen molar-refractivity contribution in [1.82, 2.24) is 0 Å². The number of nitriles is 1. The Morgan fingerprint density at radius 2 is 1.96 bits per heavy atom. The van der Waals surface area contributed by atoms with E-state index in [1.165, 1.54) is 25.1 Å². The second-order valence-corrected chi connectivity index (χ2v) is 5.83. The second kappa shape index (κ2) is 5.82. The number of carbonyl (C=O) groups excluding carboxylic acids is 1. The van der Waals surface area contributed by atoms with E-state index in [2.05, 4.69) is 0 Å². The first-order valence-corrected chi connectivity index (χ1v) is 7.55. The number of allylic oxidation sites excluding steroid dienone is 4. The minimum atomic E-state index is -4.54. The van der Waals surface area contributed by atoms with E-state index >= 15 is 0 Å². The van der Waals surface area contributed by atoms with Crippen molar-refractivity contribution in [2.75, 3.05) is 0 Å². The molecule has 1 aromatic rings. The van der Waals surface area contributed by atoms with E-state index in [4.69, 9.17) is 4.74 Å². The van der Waals surface area contributed by atoms with Gasteiger partial charge in [-0.25, -0.2) is 0 Å². The Morgan fingerprint density at radius 1 is 1.25 bits per heavy atom. The van der Waals surface area contributed by atoms with Crippen molar-refractivity contribution in [3.8, 4) is 6.07 Å². The third-order valence-corrected chi connectivity index (χ3v) is 4.36. The smallest absolute Gasteiger partial charge is 0.416 e. The molecule has 0 unspecified atom stereocenters. The topological polar surface area (TPSA) is 50.1 Å². The van der Waals surface area contributed by atoms with E-state index in [0.717, 1.165) is 6.07 Å². The summed E-state index contributed by atoms with van der Waals surface area (Å²) >= 11 is 0. The molecule has 1 aliphatic carbocycles. The van der Waals surface area contributed by atoms with Crippen LogP contribution in [0.3, 0.4) is 0 Å². The predicted molar refractivity (Wildman–Crippen MR) is 79.5 cm³/mol. The highest BCUT2D eigenvalue weighted by atomic mass is 19.4. The molecule has 1 aromatic carbocycles. The standard InChI is InChI=1S/C18H14F3NO2/c1-10-13(9-22)16(12-6-4-8-15(23)17(12)24-10)11-5-2-3-7-14(11)18(19,20)21/h2-3,5,7,16H,4,6,8H2,1H3/t16-/m1/s1. The maximum Gasteiger partial charge on any atom is 0.416 e. The molecule has 0 amide bonds. The largest absolute Gasteiger partial charge is 0.457 e. The van der Waals surface area contributed by atoms with Crippen molar-refractivity contribution < 1.29 is 22.7 Å². The Labute approximate surface area is 137 Å². The lowest BCUT2D eigenvalue weighted by molar-refractivity contribution is -0.138. The summed E-state index contributed by atoms with van der Waals surface area (Å²) in [6, 6.07) is 7.16. The fourth-order valence-corrected chi connectivity index (χ4v) is 3.32. The highest BCUT2D eigenvalue weighted by Gasteiger charge is 2.41. The minimum Gasteiger partial charge on any atom is -0.457 e. The highest BCUT2D eigenvalue weighted by molar-refractivity contribution is 5.96. The van der Waals surface area contributed by atoms with Crippen LogP contribution in [0.1, 0.15) is 43.2 Å². The molecule has 24 heavy (non-hydrogen) atoms. The molecule has 0 bridgehead atoms. The zero-order valence-corrected chi connectivity index (χ0v) is 12.9. The van der Waals surface area contributed by atoms with Gasteiger partial charge in [0.05, 0.1) is 17.2 Å². The van der Waals surface area contributed by atoms with Gasteiger partial charge in [0.15, 0.2) is 11.5 Å². The molecule has 0 saturated heterocycles. The van der Waals surface area contributed by atoms with Gasteiger partial charge in [-0.15, -0.1) is 0 Å². The van der Waals surface area contributed by atoms with Gasteiger partial charge in [-0.3, -0.25) is 4.79 Å². The summed E-state index contributed by atoms with van der Waals surface area (Å²) in [7, 11) is 0. The normalized spacial score (nSPS) is 21.3. The Bertz CT molecular complexity index is 812. The van der Waals surface area contributed by atoms with Gasteiger partial charge >= 0.3 is 6.18 Å². The molecule has 3 nitrogen and oxygen atoms in total. The van der Waals surface area contributed by atoms with Gasteiger partial charge in [-0.1, -0.05) is 18.2 Å². The number of nitrogens with zero attached hydrogens (tertiary/aromatic N) is 1. The van der Waals surface area contributed by atoms with Crippen molar-refractivity contribution in [3.05, 3.63) is 58.1 Å². The van der Waals surface area contributed by atoms with E-state index in [1.54, 1.807) is 0 Å². The van der Waals surface area contributed by atoms with Crippen LogP contribution in [0, 0.1) is 11.3 Å². The summed E-state index contributed by atoms with van der Waals surface area (Å²) in [6.07, 6.45) is -3.25. The summed E-state index contributed by atoms with van der Waals surface area (Å²) in [6.45, 7) is 1.51. The Morgan fingerprint density at radius 3 is 2.62 bits per heavy atom. The van der Waals surface area contributed by atoms with Crippen molar-refractivity contribution in [3.63, 3.8) is 0 Å². The highest BCUT2D eigenvalue weighted by Crippen LogP contribution is 2.47. The van der Waals surface area contributed by atoms with E-state index < -0.39 is 17.7 Å². The zero-order valence-electron chi connectivity index (χ0n) is 12.9. The number of hydrogen-bond acceptors (Lipinski definition) is 3. The van der Waals surface area contributed by atoms with Crippen molar-refractivity contribution in [2.24, 2.45) is 0 Å². The molecule has 6 heteroatoms. The maximum atomic E-state index is 13.4. The van der Waals surface area contributed by atoms with Gasteiger partial charge in [0.25, 0.3) is 0 Å². The molecule has 0 saturated carbocycles. The molecule has 1 aliphatic heterocycles. The van der Waals surface area contributed by atoms with Crippen LogP contribution < -0.4 is 0 Å². The Balaban J connectivity index is 2.25. The summed E-state index contributed by atoms with van der Waals surface area (Å²) < 4.78 is 45.7. The zero-order chi connectivity index (χ0) is 17.5. The lowest BCUT2D eigenvalue weighted by Crippen LogP contribution is -2.25. The summed E-state index contributed by atoms with van der Waals surface area (Å²) in [5.74, 6) is -0.809. The molecule has 1 atom stereocenters. The molecule has 3 rings (SSSR count). The second-order valence-electron chi connectivity index (χ2n) is 5.83. The first-order chi connectivity index (χ1) is 11.3. The molecule has 0 radical (unpaired) electrons. The average molecular weight is 333 g/mol. The molecule has 2 aliphatic rings. The number of ketones is 1. The van der Waals surface area contributed by atoms with Gasteiger partial charge in [-0.2, -0.15) is 18.4 Å². The number of Topliss-reactive ketones (excluding diaryl/α,β-unsaturated/α-hetero) is 1. The number of carbonyl (C=O) groups is 1. The van der Waals surface area contributed by atoms with E-state index in [-0.39, 0.29) is 28.4 Å². The van der Waals surface area contributed by atoms with Crippen LogP contribution in [0.5, 0.6) is 0 Å². The number of rotatable bonds is 1. The molecule has 0 aromatic heterocycles. The molecular formula is C18H14F3NO2. The number of hydrogen-bond donors (Lipinski definition) is 0. The first-order valence-electron chi connectivity index (χ1n) is 7.55. The van der Waals surface area contributed by atoms with Gasteiger partial charge in [0.1, 0.15) is 5.76 Å². The molecule has 1 heterocycles. The van der Waals surface area contributed by atoms with Crippen LogP contribution in [0.15, 0.2) is 46.9 Å².